The molecule has 0 unspecified atom stereocenters. The third kappa shape index (κ3) is 3.75. The molecule has 26 heavy (non-hydrogen) atoms. The Labute approximate surface area is 157 Å². The number of hydrogen-bond donors (Lipinski definition) is 2. The molecule has 0 aliphatic heterocycles. The first-order valence-electron chi connectivity index (χ1n) is 8.74. The zero-order valence-electron chi connectivity index (χ0n) is 14.8. The maximum atomic E-state index is 12.8. The van der Waals surface area contributed by atoms with Gasteiger partial charge in [-0.2, -0.15) is 5.10 Å². The SMILES string of the molecule is CC(C)c1c(C(=O)N[C@H]2CC[C@@H](C(=O)O)C2)cnn1-c1cccc(Cl)c1. The maximum Gasteiger partial charge on any atom is 0.306 e. The highest BCUT2D eigenvalue weighted by Crippen LogP contribution is 2.28. The predicted molar refractivity (Wildman–Crippen MR) is 98.9 cm³/mol. The van der Waals surface area contributed by atoms with Crippen LogP contribution in [-0.2, 0) is 4.79 Å². The lowest BCUT2D eigenvalue weighted by molar-refractivity contribution is -0.141. The van der Waals surface area contributed by atoms with Crippen LogP contribution in [0.25, 0.3) is 5.69 Å². The quantitative estimate of drug-likeness (QED) is 0.835. The van der Waals surface area contributed by atoms with E-state index in [2.05, 4.69) is 10.4 Å². The van der Waals surface area contributed by atoms with Crippen LogP contribution < -0.4 is 5.32 Å². The van der Waals surface area contributed by atoms with Crippen molar-refractivity contribution < 1.29 is 14.7 Å². The first-order valence-corrected chi connectivity index (χ1v) is 9.12. The van der Waals surface area contributed by atoms with E-state index >= 15 is 0 Å². The summed E-state index contributed by atoms with van der Waals surface area (Å²) in [5.41, 5.74) is 2.11. The molecule has 1 fully saturated rings. The van der Waals surface area contributed by atoms with Crippen molar-refractivity contribution in [2.45, 2.75) is 45.1 Å². The molecule has 1 heterocycles. The van der Waals surface area contributed by atoms with Crippen LogP contribution in [0.4, 0.5) is 0 Å². The van der Waals surface area contributed by atoms with Gasteiger partial charge in [0.2, 0.25) is 0 Å². The van der Waals surface area contributed by atoms with E-state index in [9.17, 15) is 9.59 Å². The van der Waals surface area contributed by atoms with Gasteiger partial charge in [-0.15, -0.1) is 0 Å². The normalized spacial score (nSPS) is 19.7. The minimum Gasteiger partial charge on any atom is -0.481 e. The van der Waals surface area contributed by atoms with Crippen molar-refractivity contribution in [2.24, 2.45) is 5.92 Å². The smallest absolute Gasteiger partial charge is 0.306 e. The van der Waals surface area contributed by atoms with E-state index in [1.807, 2.05) is 26.0 Å². The summed E-state index contributed by atoms with van der Waals surface area (Å²) >= 11 is 6.08. The van der Waals surface area contributed by atoms with E-state index in [1.165, 1.54) is 0 Å². The average Bonchev–Trinajstić information content (AvgIpc) is 3.21. The summed E-state index contributed by atoms with van der Waals surface area (Å²) in [4.78, 5) is 23.9. The minimum atomic E-state index is -0.793. The number of nitrogens with zero attached hydrogens (tertiary/aromatic N) is 2. The summed E-state index contributed by atoms with van der Waals surface area (Å²) < 4.78 is 1.74. The van der Waals surface area contributed by atoms with E-state index in [4.69, 9.17) is 16.7 Å². The van der Waals surface area contributed by atoms with Crippen molar-refractivity contribution in [3.8, 4) is 5.69 Å². The van der Waals surface area contributed by atoms with Gasteiger partial charge in [-0.3, -0.25) is 9.59 Å². The van der Waals surface area contributed by atoms with E-state index in [0.717, 1.165) is 11.4 Å². The highest BCUT2D eigenvalue weighted by Gasteiger charge is 2.31. The molecule has 2 aromatic rings. The molecule has 6 nitrogen and oxygen atoms in total. The molecule has 2 atom stereocenters. The van der Waals surface area contributed by atoms with Crippen LogP contribution in [0.3, 0.4) is 0 Å². The van der Waals surface area contributed by atoms with Crippen LogP contribution in [-0.4, -0.2) is 32.8 Å². The van der Waals surface area contributed by atoms with Crippen molar-refractivity contribution in [2.75, 3.05) is 0 Å². The monoisotopic (exact) mass is 375 g/mol. The number of rotatable bonds is 5. The van der Waals surface area contributed by atoms with Crippen molar-refractivity contribution in [1.82, 2.24) is 15.1 Å². The highest BCUT2D eigenvalue weighted by molar-refractivity contribution is 6.30. The van der Waals surface area contributed by atoms with Crippen LogP contribution in [0.1, 0.15) is 55.1 Å². The number of benzene rings is 1. The number of carboxylic acids is 1. The zero-order valence-corrected chi connectivity index (χ0v) is 15.5. The molecule has 1 aliphatic carbocycles. The Hall–Kier alpha value is -2.34. The van der Waals surface area contributed by atoms with Gasteiger partial charge in [0.05, 0.1) is 29.1 Å². The average molecular weight is 376 g/mol. The summed E-state index contributed by atoms with van der Waals surface area (Å²) in [6, 6.07) is 7.21. The van der Waals surface area contributed by atoms with Crippen molar-refractivity contribution in [1.29, 1.82) is 0 Å². The fourth-order valence-electron chi connectivity index (χ4n) is 3.50. The summed E-state index contributed by atoms with van der Waals surface area (Å²) in [6.45, 7) is 4.01. The molecule has 1 amide bonds. The van der Waals surface area contributed by atoms with Crippen molar-refractivity contribution in [3.05, 3.63) is 46.7 Å². The summed E-state index contributed by atoms with van der Waals surface area (Å²) in [5.74, 6) is -1.30. The van der Waals surface area contributed by atoms with E-state index in [0.29, 0.717) is 29.8 Å². The van der Waals surface area contributed by atoms with Gasteiger partial charge in [-0.25, -0.2) is 4.68 Å². The van der Waals surface area contributed by atoms with E-state index in [1.54, 1.807) is 23.0 Å². The number of halogens is 1. The molecule has 3 rings (SSSR count). The van der Waals surface area contributed by atoms with Crippen LogP contribution in [0, 0.1) is 5.92 Å². The van der Waals surface area contributed by atoms with E-state index < -0.39 is 5.97 Å². The second-order valence-electron chi connectivity index (χ2n) is 7.01. The Morgan fingerprint density at radius 1 is 1.35 bits per heavy atom. The molecule has 0 spiro atoms. The van der Waals surface area contributed by atoms with Gasteiger partial charge < -0.3 is 10.4 Å². The van der Waals surface area contributed by atoms with Crippen LogP contribution in [0.15, 0.2) is 30.5 Å². The van der Waals surface area contributed by atoms with Crippen LogP contribution in [0.2, 0.25) is 5.02 Å². The number of hydrogen-bond acceptors (Lipinski definition) is 3. The number of carbonyl (C=O) groups is 2. The lowest BCUT2D eigenvalue weighted by atomic mass is 10.0. The fraction of sp³-hybridized carbons (Fsp3) is 0.421. The Bertz CT molecular complexity index is 831. The Balaban J connectivity index is 1.84. The zero-order chi connectivity index (χ0) is 18.8. The molecule has 1 aromatic heterocycles. The standard InChI is InChI=1S/C19H22ClN3O3/c1-11(2)17-16(10-21-23(17)15-5-3-4-13(20)9-15)18(24)22-14-7-6-12(8-14)19(25)26/h3-5,9-12,14H,6-8H2,1-2H3,(H,22,24)(H,25,26)/t12-,14+/m1/s1. The lowest BCUT2D eigenvalue weighted by Crippen LogP contribution is -2.34. The topological polar surface area (TPSA) is 84.2 Å². The predicted octanol–water partition coefficient (Wildman–Crippen LogP) is 3.63. The largest absolute Gasteiger partial charge is 0.481 e. The van der Waals surface area contributed by atoms with Gasteiger partial charge in [-0.05, 0) is 43.4 Å². The third-order valence-corrected chi connectivity index (χ3v) is 5.00. The molecule has 0 bridgehead atoms. The first kappa shape index (κ1) is 18.5. The molecular formula is C19H22ClN3O3. The molecule has 0 saturated heterocycles. The lowest BCUT2D eigenvalue weighted by Gasteiger charge is -2.15. The Morgan fingerprint density at radius 2 is 2.12 bits per heavy atom. The number of nitrogens with one attached hydrogen (secondary N) is 1. The van der Waals surface area contributed by atoms with Crippen LogP contribution in [0.5, 0.6) is 0 Å². The molecular weight excluding hydrogens is 354 g/mol. The molecule has 138 valence electrons. The number of carbonyl (C=O) groups excluding carboxylic acids is 1. The van der Waals surface area contributed by atoms with Gasteiger partial charge >= 0.3 is 5.97 Å². The van der Waals surface area contributed by atoms with Gasteiger partial charge in [-0.1, -0.05) is 31.5 Å². The minimum absolute atomic E-state index is 0.0765. The summed E-state index contributed by atoms with van der Waals surface area (Å²) in [5, 5.41) is 17.1. The third-order valence-electron chi connectivity index (χ3n) is 4.77. The first-order chi connectivity index (χ1) is 12.4. The summed E-state index contributed by atoms with van der Waals surface area (Å²) in [7, 11) is 0. The summed E-state index contributed by atoms with van der Waals surface area (Å²) in [6.07, 6.45) is 3.32. The molecule has 2 N–H and O–H groups in total. The number of aliphatic carboxylic acids is 1. The second-order valence-corrected chi connectivity index (χ2v) is 7.44. The van der Waals surface area contributed by atoms with Gasteiger partial charge in [0.25, 0.3) is 5.91 Å². The van der Waals surface area contributed by atoms with Gasteiger partial charge in [0, 0.05) is 11.1 Å². The van der Waals surface area contributed by atoms with Gasteiger partial charge in [0.15, 0.2) is 0 Å². The highest BCUT2D eigenvalue weighted by atomic mass is 35.5. The van der Waals surface area contributed by atoms with Crippen molar-refractivity contribution >= 4 is 23.5 Å². The molecule has 1 aliphatic rings. The molecule has 0 radical (unpaired) electrons. The Morgan fingerprint density at radius 3 is 2.73 bits per heavy atom. The van der Waals surface area contributed by atoms with Gasteiger partial charge in [0.1, 0.15) is 0 Å². The second kappa shape index (κ2) is 7.50. The van der Waals surface area contributed by atoms with Crippen molar-refractivity contribution in [3.63, 3.8) is 0 Å². The maximum absolute atomic E-state index is 12.8. The molecule has 7 heteroatoms. The van der Waals surface area contributed by atoms with Crippen LogP contribution >= 0.6 is 11.6 Å². The number of aromatic nitrogens is 2. The molecule has 1 saturated carbocycles. The number of carboxylic acid groups (broad SMARTS) is 1. The van der Waals surface area contributed by atoms with E-state index in [-0.39, 0.29) is 23.8 Å². The Kier molecular flexibility index (Phi) is 5.32. The number of amides is 1. The fourth-order valence-corrected chi connectivity index (χ4v) is 3.69. The molecule has 1 aromatic carbocycles.